The van der Waals surface area contributed by atoms with E-state index in [2.05, 4.69) is 5.32 Å². The minimum Gasteiger partial charge on any atom is -0.385 e. The van der Waals surface area contributed by atoms with Crippen molar-refractivity contribution in [2.45, 2.75) is 25.8 Å². The number of carbonyl (C=O) groups is 1. The first kappa shape index (κ1) is 15.5. The van der Waals surface area contributed by atoms with Crippen LogP contribution in [0, 0.1) is 5.82 Å². The molecule has 1 N–H and O–H groups in total. The summed E-state index contributed by atoms with van der Waals surface area (Å²) in [7, 11) is 1.80. The van der Waals surface area contributed by atoms with E-state index in [1.165, 1.54) is 12.1 Å². The number of anilines is 1. The molecule has 0 saturated heterocycles. The largest absolute Gasteiger partial charge is 0.385 e. The van der Waals surface area contributed by atoms with Gasteiger partial charge in [-0.2, -0.15) is 0 Å². The first-order valence-corrected chi connectivity index (χ1v) is 7.96. The fourth-order valence-electron chi connectivity index (χ4n) is 3.04. The Balaban J connectivity index is 1.86. The van der Waals surface area contributed by atoms with Crippen LogP contribution in [0.5, 0.6) is 0 Å². The van der Waals surface area contributed by atoms with Crippen LogP contribution in [0.3, 0.4) is 0 Å². The first-order chi connectivity index (χ1) is 11.1. The van der Waals surface area contributed by atoms with Crippen LogP contribution in [0.15, 0.2) is 42.5 Å². The van der Waals surface area contributed by atoms with E-state index in [0.717, 1.165) is 41.8 Å². The molecule has 1 aliphatic rings. The number of nitrogens with zero attached hydrogens (tertiary/aromatic N) is 1. The van der Waals surface area contributed by atoms with Crippen molar-refractivity contribution in [3.8, 4) is 0 Å². The van der Waals surface area contributed by atoms with Crippen molar-refractivity contribution in [2.24, 2.45) is 0 Å². The smallest absolute Gasteiger partial charge is 0.254 e. The highest BCUT2D eigenvalue weighted by atomic mass is 19.1. The Bertz CT molecular complexity index is 712. The average Bonchev–Trinajstić information content (AvgIpc) is 2.60. The van der Waals surface area contributed by atoms with Crippen molar-refractivity contribution in [3.05, 3.63) is 65.0 Å². The van der Waals surface area contributed by atoms with Gasteiger partial charge in [-0.3, -0.25) is 4.79 Å². The van der Waals surface area contributed by atoms with Crippen LogP contribution in [0.1, 0.15) is 40.9 Å². The Morgan fingerprint density at radius 1 is 1.22 bits per heavy atom. The quantitative estimate of drug-likeness (QED) is 0.928. The maximum Gasteiger partial charge on any atom is 0.254 e. The van der Waals surface area contributed by atoms with Gasteiger partial charge in [-0.1, -0.05) is 18.2 Å². The van der Waals surface area contributed by atoms with Gasteiger partial charge in [-0.25, -0.2) is 4.39 Å². The third kappa shape index (κ3) is 3.07. The van der Waals surface area contributed by atoms with Gasteiger partial charge in [0.25, 0.3) is 5.91 Å². The van der Waals surface area contributed by atoms with E-state index in [1.54, 1.807) is 24.1 Å². The Hall–Kier alpha value is -2.36. The second-order valence-corrected chi connectivity index (χ2v) is 6.01. The van der Waals surface area contributed by atoms with E-state index in [-0.39, 0.29) is 17.8 Å². The molecule has 1 heterocycles. The number of benzene rings is 2. The lowest BCUT2D eigenvalue weighted by atomic mass is 9.96. The van der Waals surface area contributed by atoms with Gasteiger partial charge in [0, 0.05) is 24.8 Å². The van der Waals surface area contributed by atoms with Crippen LogP contribution < -0.4 is 5.32 Å². The number of fused-ring (bicyclic) bond motifs is 1. The molecule has 1 aliphatic heterocycles. The zero-order valence-corrected chi connectivity index (χ0v) is 13.5. The van der Waals surface area contributed by atoms with E-state index in [0.29, 0.717) is 0 Å². The first-order valence-electron chi connectivity index (χ1n) is 7.96. The normalized spacial score (nSPS) is 14.6. The maximum absolute atomic E-state index is 13.1. The number of carbonyl (C=O) groups excluding carboxylic acids is 1. The molecule has 0 aliphatic carbocycles. The monoisotopic (exact) mass is 312 g/mol. The zero-order valence-electron chi connectivity index (χ0n) is 13.5. The van der Waals surface area contributed by atoms with Gasteiger partial charge in [0.15, 0.2) is 0 Å². The molecule has 2 aromatic rings. The van der Waals surface area contributed by atoms with Crippen LogP contribution >= 0.6 is 0 Å². The summed E-state index contributed by atoms with van der Waals surface area (Å²) < 4.78 is 13.1. The Morgan fingerprint density at radius 3 is 2.70 bits per heavy atom. The summed E-state index contributed by atoms with van der Waals surface area (Å²) in [6, 6.07) is 12.0. The topological polar surface area (TPSA) is 32.3 Å². The highest BCUT2D eigenvalue weighted by Gasteiger charge is 2.23. The Labute approximate surface area is 136 Å². The fraction of sp³-hybridized carbons (Fsp3) is 0.316. The molecule has 0 bridgehead atoms. The summed E-state index contributed by atoms with van der Waals surface area (Å²) in [4.78, 5) is 14.6. The van der Waals surface area contributed by atoms with Crippen LogP contribution in [-0.4, -0.2) is 24.4 Å². The highest BCUT2D eigenvalue weighted by Crippen LogP contribution is 2.28. The molecule has 1 unspecified atom stereocenters. The lowest BCUT2D eigenvalue weighted by Gasteiger charge is -2.28. The molecule has 23 heavy (non-hydrogen) atoms. The van der Waals surface area contributed by atoms with Gasteiger partial charge >= 0.3 is 0 Å². The number of halogens is 1. The third-order valence-electron chi connectivity index (χ3n) is 4.58. The van der Waals surface area contributed by atoms with E-state index in [1.807, 2.05) is 25.1 Å². The lowest BCUT2D eigenvalue weighted by Crippen LogP contribution is -2.31. The SMILES string of the molecule is CC(c1ccc(F)cc1)N(C)C(=O)c1cccc2c1CCCN2. The van der Waals surface area contributed by atoms with Gasteiger partial charge in [0.1, 0.15) is 5.82 Å². The maximum atomic E-state index is 13.1. The molecular formula is C19H21FN2O. The van der Waals surface area contributed by atoms with Crippen molar-refractivity contribution >= 4 is 11.6 Å². The molecule has 3 rings (SSSR count). The molecule has 3 nitrogen and oxygen atoms in total. The van der Waals surface area contributed by atoms with Crippen molar-refractivity contribution in [2.75, 3.05) is 18.9 Å². The van der Waals surface area contributed by atoms with Gasteiger partial charge in [-0.15, -0.1) is 0 Å². The van der Waals surface area contributed by atoms with Gasteiger partial charge in [0.2, 0.25) is 0 Å². The molecular weight excluding hydrogens is 291 g/mol. The molecule has 1 amide bonds. The van der Waals surface area contributed by atoms with E-state index in [4.69, 9.17) is 0 Å². The molecule has 1 atom stereocenters. The number of rotatable bonds is 3. The second kappa shape index (κ2) is 6.41. The number of nitrogens with one attached hydrogen (secondary N) is 1. The van der Waals surface area contributed by atoms with E-state index in [9.17, 15) is 9.18 Å². The predicted octanol–water partition coefficient (Wildman–Crippen LogP) is 4.02. The standard InChI is InChI=1S/C19H21FN2O/c1-13(14-8-10-15(20)11-9-14)22(2)19(23)17-5-3-7-18-16(17)6-4-12-21-18/h3,5,7-11,13,21H,4,6,12H2,1-2H3. The van der Waals surface area contributed by atoms with Crippen molar-refractivity contribution in [1.29, 1.82) is 0 Å². The Morgan fingerprint density at radius 2 is 1.96 bits per heavy atom. The van der Waals surface area contributed by atoms with Crippen molar-refractivity contribution < 1.29 is 9.18 Å². The summed E-state index contributed by atoms with van der Waals surface area (Å²) in [6.07, 6.45) is 1.96. The molecule has 2 aromatic carbocycles. The summed E-state index contributed by atoms with van der Waals surface area (Å²) in [5.74, 6) is -0.263. The minimum atomic E-state index is -0.266. The summed E-state index contributed by atoms with van der Waals surface area (Å²) in [5.41, 5.74) is 3.84. The average molecular weight is 312 g/mol. The molecule has 4 heteroatoms. The van der Waals surface area contributed by atoms with Crippen LogP contribution in [0.25, 0.3) is 0 Å². The summed E-state index contributed by atoms with van der Waals surface area (Å²) >= 11 is 0. The van der Waals surface area contributed by atoms with Crippen LogP contribution in [0.4, 0.5) is 10.1 Å². The third-order valence-corrected chi connectivity index (χ3v) is 4.58. The Kier molecular flexibility index (Phi) is 4.33. The summed E-state index contributed by atoms with van der Waals surface area (Å²) in [5, 5.41) is 3.35. The molecule has 0 spiro atoms. The molecule has 0 saturated carbocycles. The van der Waals surface area contributed by atoms with E-state index >= 15 is 0 Å². The molecule has 120 valence electrons. The van der Waals surface area contributed by atoms with Crippen LogP contribution in [0.2, 0.25) is 0 Å². The lowest BCUT2D eigenvalue weighted by molar-refractivity contribution is 0.0741. The van der Waals surface area contributed by atoms with E-state index < -0.39 is 0 Å². The number of hydrogen-bond donors (Lipinski definition) is 1. The molecule has 0 aromatic heterocycles. The zero-order chi connectivity index (χ0) is 16.4. The highest BCUT2D eigenvalue weighted by molar-refractivity contribution is 5.97. The number of hydrogen-bond acceptors (Lipinski definition) is 2. The second-order valence-electron chi connectivity index (χ2n) is 6.01. The number of amides is 1. The fourth-order valence-corrected chi connectivity index (χ4v) is 3.04. The van der Waals surface area contributed by atoms with Gasteiger partial charge in [-0.05, 0) is 55.2 Å². The molecule has 0 radical (unpaired) electrons. The van der Waals surface area contributed by atoms with Crippen LogP contribution in [-0.2, 0) is 6.42 Å². The van der Waals surface area contributed by atoms with Crippen molar-refractivity contribution in [3.63, 3.8) is 0 Å². The van der Waals surface area contributed by atoms with Gasteiger partial charge < -0.3 is 10.2 Å². The van der Waals surface area contributed by atoms with Crippen molar-refractivity contribution in [1.82, 2.24) is 4.90 Å². The van der Waals surface area contributed by atoms with Gasteiger partial charge in [0.05, 0.1) is 6.04 Å². The predicted molar refractivity (Wildman–Crippen MR) is 90.2 cm³/mol. The minimum absolute atomic E-state index is 0.00220. The summed E-state index contributed by atoms with van der Waals surface area (Å²) in [6.45, 7) is 2.91. The molecule has 0 fully saturated rings.